The van der Waals surface area contributed by atoms with Crippen molar-refractivity contribution in [3.8, 4) is 0 Å². The molecule has 0 aliphatic heterocycles. The van der Waals surface area contributed by atoms with Gasteiger partial charge in [0.2, 0.25) is 0 Å². The second-order valence-electron chi connectivity index (χ2n) is 22.3. The lowest BCUT2D eigenvalue weighted by Gasteiger charge is -2.18. The molecule has 0 aromatic rings. The molecule has 0 fully saturated rings. The minimum atomic E-state index is -0.785. The first-order valence-electron chi connectivity index (χ1n) is 33.9. The fourth-order valence-electron chi connectivity index (χ4n) is 9.42. The number of carbonyl (C=O) groups is 3. The normalized spacial score (nSPS) is 12.8. The van der Waals surface area contributed by atoms with E-state index in [-0.39, 0.29) is 31.1 Å². The van der Waals surface area contributed by atoms with Gasteiger partial charge in [0.05, 0.1) is 0 Å². The van der Waals surface area contributed by atoms with Crippen molar-refractivity contribution in [1.29, 1.82) is 0 Å². The monoisotopic (exact) mass is 1110 g/mol. The van der Waals surface area contributed by atoms with Crippen LogP contribution in [0.3, 0.4) is 0 Å². The molecule has 458 valence electrons. The Kier molecular flexibility index (Phi) is 64.3. The van der Waals surface area contributed by atoms with Gasteiger partial charge in [-0.2, -0.15) is 0 Å². The van der Waals surface area contributed by atoms with Gasteiger partial charge < -0.3 is 14.2 Å². The Morgan fingerprint density at radius 1 is 0.263 bits per heavy atom. The summed E-state index contributed by atoms with van der Waals surface area (Å²) >= 11 is 0. The highest BCUT2D eigenvalue weighted by atomic mass is 16.6. The van der Waals surface area contributed by atoms with E-state index in [1.165, 1.54) is 161 Å². The third-order valence-electron chi connectivity index (χ3n) is 14.5. The van der Waals surface area contributed by atoms with Gasteiger partial charge in [-0.1, -0.05) is 291 Å². The van der Waals surface area contributed by atoms with E-state index in [0.29, 0.717) is 19.3 Å². The molecule has 6 heteroatoms. The average molecular weight is 1110 g/mol. The number of carbonyl (C=O) groups excluding carboxylic acids is 3. The minimum absolute atomic E-state index is 0.0815. The molecular weight excluding hydrogens is 985 g/mol. The summed E-state index contributed by atoms with van der Waals surface area (Å²) in [5.74, 6) is -0.891. The van der Waals surface area contributed by atoms with E-state index >= 15 is 0 Å². The van der Waals surface area contributed by atoms with Crippen molar-refractivity contribution in [3.63, 3.8) is 0 Å². The third kappa shape index (κ3) is 64.9. The van der Waals surface area contributed by atoms with Gasteiger partial charge >= 0.3 is 17.9 Å². The van der Waals surface area contributed by atoms with Crippen molar-refractivity contribution < 1.29 is 28.6 Å². The van der Waals surface area contributed by atoms with Crippen molar-refractivity contribution in [2.45, 2.75) is 329 Å². The number of esters is 3. The van der Waals surface area contributed by atoms with Crippen LogP contribution < -0.4 is 0 Å². The molecule has 0 spiro atoms. The lowest BCUT2D eigenvalue weighted by molar-refractivity contribution is -0.167. The molecule has 0 amide bonds. The number of unbranched alkanes of at least 4 members (excludes halogenated alkanes) is 32. The Morgan fingerprint density at radius 3 is 0.825 bits per heavy atom. The summed E-state index contributed by atoms with van der Waals surface area (Å²) < 4.78 is 16.9. The van der Waals surface area contributed by atoms with Gasteiger partial charge in [0, 0.05) is 19.3 Å². The highest BCUT2D eigenvalue weighted by Gasteiger charge is 2.19. The maximum Gasteiger partial charge on any atom is 0.306 e. The zero-order valence-electron chi connectivity index (χ0n) is 52.6. The van der Waals surface area contributed by atoms with Crippen LogP contribution in [0.5, 0.6) is 0 Å². The molecule has 0 rings (SSSR count). The second kappa shape index (κ2) is 67.6. The summed E-state index contributed by atoms with van der Waals surface area (Å²) in [5, 5.41) is 0. The van der Waals surface area contributed by atoms with Crippen LogP contribution in [0.25, 0.3) is 0 Å². The molecule has 1 atom stereocenters. The van der Waals surface area contributed by atoms with Gasteiger partial charge in [-0.25, -0.2) is 0 Å². The molecule has 0 saturated carbocycles. The smallest absolute Gasteiger partial charge is 0.306 e. The summed E-state index contributed by atoms with van der Waals surface area (Å²) in [6.07, 6.45) is 92.7. The number of ether oxygens (including phenoxy) is 3. The highest BCUT2D eigenvalue weighted by Crippen LogP contribution is 2.17. The predicted molar refractivity (Wildman–Crippen MR) is 348 cm³/mol. The molecule has 0 aliphatic carbocycles. The molecule has 0 radical (unpaired) electrons. The Morgan fingerprint density at radius 2 is 0.512 bits per heavy atom. The SMILES string of the molecule is CC/C=C\C/C=C\C/C=C\C/C=C\C/C=C\C/C=C\CCCCCCCCCCCCCCCCCCC(=O)OCC(COC(=O)CCCCCCC/C=C\CCC)OC(=O)CCCCCCCCC/C=C\C/C=C\CCCCC. The molecular formula is C74H126O6. The third-order valence-corrected chi connectivity index (χ3v) is 14.5. The first kappa shape index (κ1) is 76.1. The van der Waals surface area contributed by atoms with Crippen molar-refractivity contribution >= 4 is 17.9 Å². The van der Waals surface area contributed by atoms with Crippen LogP contribution in [0.2, 0.25) is 0 Å². The zero-order valence-corrected chi connectivity index (χ0v) is 52.6. The van der Waals surface area contributed by atoms with E-state index in [4.69, 9.17) is 14.2 Å². The summed E-state index contributed by atoms with van der Waals surface area (Å²) in [4.78, 5) is 38.2. The van der Waals surface area contributed by atoms with E-state index in [9.17, 15) is 14.4 Å². The molecule has 0 aromatic carbocycles. The lowest BCUT2D eigenvalue weighted by Crippen LogP contribution is -2.30. The topological polar surface area (TPSA) is 78.9 Å². The lowest BCUT2D eigenvalue weighted by atomic mass is 10.0. The summed E-state index contributed by atoms with van der Waals surface area (Å²) in [6, 6.07) is 0. The maximum absolute atomic E-state index is 12.9. The molecule has 0 heterocycles. The minimum Gasteiger partial charge on any atom is -0.462 e. The molecule has 0 bridgehead atoms. The quantitative estimate of drug-likeness (QED) is 0.0261. The van der Waals surface area contributed by atoms with Crippen LogP contribution in [0.1, 0.15) is 323 Å². The van der Waals surface area contributed by atoms with Crippen molar-refractivity contribution in [1.82, 2.24) is 0 Å². The van der Waals surface area contributed by atoms with Gasteiger partial charge in [0.25, 0.3) is 0 Å². The van der Waals surface area contributed by atoms with Crippen LogP contribution in [0, 0.1) is 0 Å². The summed E-state index contributed by atoms with van der Waals surface area (Å²) in [7, 11) is 0. The first-order valence-corrected chi connectivity index (χ1v) is 33.9. The van der Waals surface area contributed by atoms with Crippen molar-refractivity contribution in [3.05, 3.63) is 109 Å². The molecule has 80 heavy (non-hydrogen) atoms. The molecule has 0 aliphatic rings. The molecule has 6 nitrogen and oxygen atoms in total. The summed E-state index contributed by atoms with van der Waals surface area (Å²) in [5.41, 5.74) is 0. The first-order chi connectivity index (χ1) is 39.5. The standard InChI is InChI=1S/C74H126O6/c1-4-7-10-13-16-19-22-24-26-28-29-30-31-32-33-34-35-36-37-38-39-40-41-42-43-44-45-47-48-50-52-55-58-61-64-67-73(76)79-70-71(69-78-72(75)66-63-60-57-54-21-18-15-12-9-6-3)80-74(77)68-65-62-59-56-53-51-49-46-27-25-23-20-17-14-11-8-5-2/h7,10,12,15-17,19-20,24-27,29-30,32-33,35-36,71H,4-6,8-9,11,13-14,18,21-23,28,31,34,37-70H2,1-3H3/b10-7-,15-12-,19-16-,20-17-,26-24-,27-25-,30-29-,33-32-,36-35-. The number of hydrogen-bond acceptors (Lipinski definition) is 6. The Labute approximate surface area is 495 Å². The van der Waals surface area contributed by atoms with E-state index in [1.807, 2.05) is 0 Å². The van der Waals surface area contributed by atoms with E-state index in [0.717, 1.165) is 122 Å². The zero-order chi connectivity index (χ0) is 57.8. The molecule has 0 saturated heterocycles. The number of rotatable bonds is 61. The Balaban J connectivity index is 4.11. The predicted octanol–water partition coefficient (Wildman–Crippen LogP) is 23.4. The van der Waals surface area contributed by atoms with Gasteiger partial charge in [-0.3, -0.25) is 14.4 Å². The summed E-state index contributed by atoms with van der Waals surface area (Å²) in [6.45, 7) is 6.45. The van der Waals surface area contributed by atoms with Gasteiger partial charge in [-0.15, -0.1) is 0 Å². The van der Waals surface area contributed by atoms with Crippen LogP contribution in [-0.4, -0.2) is 37.2 Å². The molecule has 1 unspecified atom stereocenters. The maximum atomic E-state index is 12.9. The average Bonchev–Trinajstić information content (AvgIpc) is 3.46. The Hall–Kier alpha value is -3.93. The van der Waals surface area contributed by atoms with Gasteiger partial charge in [0.1, 0.15) is 13.2 Å². The van der Waals surface area contributed by atoms with Crippen LogP contribution in [-0.2, 0) is 28.6 Å². The Bertz CT molecular complexity index is 1610. The van der Waals surface area contributed by atoms with E-state index < -0.39 is 6.10 Å². The van der Waals surface area contributed by atoms with E-state index in [2.05, 4.69) is 130 Å². The molecule has 0 N–H and O–H groups in total. The van der Waals surface area contributed by atoms with E-state index in [1.54, 1.807) is 0 Å². The van der Waals surface area contributed by atoms with Gasteiger partial charge in [0.15, 0.2) is 6.10 Å². The van der Waals surface area contributed by atoms with Crippen molar-refractivity contribution in [2.24, 2.45) is 0 Å². The van der Waals surface area contributed by atoms with Crippen LogP contribution >= 0.6 is 0 Å². The highest BCUT2D eigenvalue weighted by molar-refractivity contribution is 5.71. The van der Waals surface area contributed by atoms with Crippen molar-refractivity contribution in [2.75, 3.05) is 13.2 Å². The largest absolute Gasteiger partial charge is 0.462 e. The fourth-order valence-corrected chi connectivity index (χ4v) is 9.42. The van der Waals surface area contributed by atoms with Crippen LogP contribution in [0.15, 0.2) is 109 Å². The fraction of sp³-hybridized carbons (Fsp3) is 0.716. The number of allylic oxidation sites excluding steroid dienone is 18. The second-order valence-corrected chi connectivity index (χ2v) is 22.3. The number of hydrogen-bond donors (Lipinski definition) is 0. The van der Waals surface area contributed by atoms with Crippen LogP contribution in [0.4, 0.5) is 0 Å². The van der Waals surface area contributed by atoms with Gasteiger partial charge in [-0.05, 0) is 122 Å². The molecule has 0 aromatic heterocycles.